The van der Waals surface area contributed by atoms with Crippen molar-refractivity contribution in [2.24, 2.45) is 0 Å². The van der Waals surface area contributed by atoms with E-state index in [-0.39, 0.29) is 9.90 Å². The largest absolute Gasteiger partial charge is 0.430 e. The van der Waals surface area contributed by atoms with Crippen LogP contribution in [0.3, 0.4) is 0 Å². The summed E-state index contributed by atoms with van der Waals surface area (Å²) in [5.74, 6) is 0. The lowest BCUT2D eigenvalue weighted by atomic mass is 9.92. The summed E-state index contributed by atoms with van der Waals surface area (Å²) in [5.41, 5.74) is -6.35. The average Bonchev–Trinajstić information content (AvgIpc) is 3.18. The van der Waals surface area contributed by atoms with Crippen molar-refractivity contribution in [3.8, 4) is 10.6 Å². The highest BCUT2D eigenvalue weighted by atomic mass is 32.2. The second-order valence-corrected chi connectivity index (χ2v) is 9.22. The summed E-state index contributed by atoms with van der Waals surface area (Å²) in [7, 11) is -4.17. The average molecular weight is 482 g/mol. The van der Waals surface area contributed by atoms with Gasteiger partial charge < -0.3 is 5.11 Å². The number of sulfonamides is 1. The number of rotatable bonds is 5. The SMILES string of the molecule is O=S(=O)(Nc1ccc(C(O)(C(F)(F)F)C(F)(F)F)cc1)c1ccc(-c2ccccn2)s1. The van der Waals surface area contributed by atoms with Gasteiger partial charge in [0.1, 0.15) is 4.21 Å². The Labute approximate surface area is 176 Å². The Hall–Kier alpha value is -2.64. The van der Waals surface area contributed by atoms with E-state index >= 15 is 0 Å². The fourth-order valence-corrected chi connectivity index (χ4v) is 4.93. The number of halogens is 6. The second kappa shape index (κ2) is 7.80. The van der Waals surface area contributed by atoms with Gasteiger partial charge in [0.2, 0.25) is 0 Å². The van der Waals surface area contributed by atoms with Crippen molar-refractivity contribution in [1.29, 1.82) is 0 Å². The van der Waals surface area contributed by atoms with Crippen molar-refractivity contribution in [2.45, 2.75) is 22.2 Å². The lowest BCUT2D eigenvalue weighted by molar-refractivity contribution is -0.376. The lowest BCUT2D eigenvalue weighted by Gasteiger charge is -2.32. The number of nitrogens with one attached hydrogen (secondary N) is 1. The first-order valence-electron chi connectivity index (χ1n) is 8.26. The van der Waals surface area contributed by atoms with Crippen LogP contribution in [0.25, 0.3) is 10.6 Å². The number of aromatic nitrogens is 1. The molecule has 3 aromatic rings. The highest BCUT2D eigenvalue weighted by Crippen LogP contribution is 2.50. The molecule has 0 atom stereocenters. The number of benzene rings is 1. The van der Waals surface area contributed by atoms with E-state index in [4.69, 9.17) is 0 Å². The molecule has 1 aromatic carbocycles. The van der Waals surface area contributed by atoms with Gasteiger partial charge in [0, 0.05) is 17.4 Å². The first-order valence-corrected chi connectivity index (χ1v) is 10.6. The van der Waals surface area contributed by atoms with Crippen molar-refractivity contribution < 1.29 is 39.9 Å². The van der Waals surface area contributed by atoms with Gasteiger partial charge in [-0.1, -0.05) is 18.2 Å². The second-order valence-electron chi connectivity index (χ2n) is 6.22. The molecule has 0 spiro atoms. The molecule has 0 aliphatic rings. The van der Waals surface area contributed by atoms with Crippen LogP contribution >= 0.6 is 11.3 Å². The Bertz CT molecular complexity index is 1140. The van der Waals surface area contributed by atoms with E-state index in [1.165, 1.54) is 18.3 Å². The van der Waals surface area contributed by atoms with Crippen LogP contribution in [-0.4, -0.2) is 30.9 Å². The fourth-order valence-electron chi connectivity index (χ4n) is 2.58. The van der Waals surface area contributed by atoms with E-state index in [2.05, 4.69) is 9.71 Å². The van der Waals surface area contributed by atoms with Crippen molar-refractivity contribution >= 4 is 27.0 Å². The molecule has 0 unspecified atom stereocenters. The summed E-state index contributed by atoms with van der Waals surface area (Å²) < 4.78 is 105. The third-order valence-electron chi connectivity index (χ3n) is 4.14. The van der Waals surface area contributed by atoms with Crippen LogP contribution in [0.1, 0.15) is 5.56 Å². The Morgan fingerprint density at radius 1 is 0.871 bits per heavy atom. The van der Waals surface area contributed by atoms with Crippen molar-refractivity contribution in [2.75, 3.05) is 4.72 Å². The van der Waals surface area contributed by atoms with Gasteiger partial charge in [-0.25, -0.2) is 8.42 Å². The minimum atomic E-state index is -6.04. The number of nitrogens with zero attached hydrogens (tertiary/aromatic N) is 1. The van der Waals surface area contributed by atoms with Crippen LogP contribution in [-0.2, 0) is 15.6 Å². The van der Waals surface area contributed by atoms with Crippen molar-refractivity contribution in [3.05, 3.63) is 66.4 Å². The number of aliphatic hydroxyl groups is 1. The Balaban J connectivity index is 1.86. The minimum Gasteiger partial charge on any atom is -0.369 e. The minimum absolute atomic E-state index is 0.140. The third-order valence-corrected chi connectivity index (χ3v) is 7.12. The van der Waals surface area contributed by atoms with E-state index in [0.29, 0.717) is 34.8 Å². The quantitative estimate of drug-likeness (QED) is 0.506. The van der Waals surface area contributed by atoms with Gasteiger partial charge in [-0.2, -0.15) is 26.3 Å². The Morgan fingerprint density at radius 2 is 1.48 bits per heavy atom. The molecule has 0 aliphatic heterocycles. The fraction of sp³-hybridized carbons (Fsp3) is 0.167. The normalized spacial score (nSPS) is 13.3. The third kappa shape index (κ3) is 4.38. The van der Waals surface area contributed by atoms with Gasteiger partial charge in [-0.05, 0) is 36.4 Å². The van der Waals surface area contributed by atoms with Gasteiger partial charge in [-0.15, -0.1) is 11.3 Å². The molecule has 5 nitrogen and oxygen atoms in total. The lowest BCUT2D eigenvalue weighted by Crippen LogP contribution is -2.53. The summed E-state index contributed by atoms with van der Waals surface area (Å²) in [4.78, 5) is 4.63. The molecule has 2 heterocycles. The number of anilines is 1. The monoisotopic (exact) mass is 482 g/mol. The van der Waals surface area contributed by atoms with E-state index in [0.717, 1.165) is 11.3 Å². The van der Waals surface area contributed by atoms with Crippen LogP contribution in [0, 0.1) is 0 Å². The molecule has 0 radical (unpaired) electrons. The zero-order valence-corrected chi connectivity index (χ0v) is 16.7. The summed E-state index contributed by atoms with van der Waals surface area (Å²) in [6, 6.07) is 9.95. The summed E-state index contributed by atoms with van der Waals surface area (Å²) >= 11 is 0.876. The predicted octanol–water partition coefficient (Wildman–Crippen LogP) is 4.92. The molecule has 13 heteroatoms. The van der Waals surface area contributed by atoms with E-state index in [9.17, 15) is 39.9 Å². The van der Waals surface area contributed by atoms with Gasteiger partial charge in [0.15, 0.2) is 0 Å². The molecule has 0 amide bonds. The van der Waals surface area contributed by atoms with Gasteiger partial charge in [0.05, 0.1) is 10.6 Å². The molecule has 0 saturated heterocycles. The topological polar surface area (TPSA) is 79.3 Å². The van der Waals surface area contributed by atoms with E-state index in [1.54, 1.807) is 18.2 Å². The molecule has 31 heavy (non-hydrogen) atoms. The van der Waals surface area contributed by atoms with Gasteiger partial charge in [-0.3, -0.25) is 9.71 Å². The molecule has 0 fully saturated rings. The molecule has 0 saturated carbocycles. The summed E-state index contributed by atoms with van der Waals surface area (Å²) in [6.07, 6.45) is -10.6. The maximum Gasteiger partial charge on any atom is 0.430 e. The zero-order chi connectivity index (χ0) is 23.1. The van der Waals surface area contributed by atoms with Crippen molar-refractivity contribution in [1.82, 2.24) is 4.98 Å². The summed E-state index contributed by atoms with van der Waals surface area (Å²) in [5, 5.41) is 9.38. The summed E-state index contributed by atoms with van der Waals surface area (Å²) in [6.45, 7) is 0. The highest BCUT2D eigenvalue weighted by Gasteiger charge is 2.71. The zero-order valence-electron chi connectivity index (χ0n) is 15.1. The van der Waals surface area contributed by atoms with E-state index in [1.807, 2.05) is 0 Å². The number of hydrogen-bond acceptors (Lipinski definition) is 5. The molecule has 2 aromatic heterocycles. The van der Waals surface area contributed by atoms with Crippen LogP contribution < -0.4 is 4.72 Å². The van der Waals surface area contributed by atoms with Crippen LogP contribution in [0.15, 0.2) is 65.0 Å². The molecule has 2 N–H and O–H groups in total. The van der Waals surface area contributed by atoms with Crippen molar-refractivity contribution in [3.63, 3.8) is 0 Å². The maximum absolute atomic E-state index is 12.9. The molecular weight excluding hydrogens is 470 g/mol. The van der Waals surface area contributed by atoms with Crippen LogP contribution in [0.5, 0.6) is 0 Å². The first-order chi connectivity index (χ1) is 14.3. The molecule has 166 valence electrons. The smallest absolute Gasteiger partial charge is 0.369 e. The van der Waals surface area contributed by atoms with E-state index < -0.39 is 33.5 Å². The van der Waals surface area contributed by atoms with Crippen LogP contribution in [0.4, 0.5) is 32.0 Å². The van der Waals surface area contributed by atoms with Crippen LogP contribution in [0.2, 0.25) is 0 Å². The molecule has 0 bridgehead atoms. The number of alkyl halides is 6. The standard InChI is InChI=1S/C18H12F6N2O3S2/c19-17(20,21)16(27,18(22,23)24)11-4-6-12(7-5-11)26-31(28,29)15-9-8-14(30-15)13-3-1-2-10-25-13/h1-10,26-27H. The first kappa shape index (κ1) is 23.0. The molecule has 0 aliphatic carbocycles. The number of pyridine rings is 1. The number of thiophene rings is 1. The predicted molar refractivity (Wildman–Crippen MR) is 101 cm³/mol. The Morgan fingerprint density at radius 3 is 2.00 bits per heavy atom. The highest BCUT2D eigenvalue weighted by molar-refractivity contribution is 7.94. The van der Waals surface area contributed by atoms with Gasteiger partial charge >= 0.3 is 12.4 Å². The molecular formula is C18H12F6N2O3S2. The maximum atomic E-state index is 12.9. The molecule has 3 rings (SSSR count). The number of hydrogen-bond donors (Lipinski definition) is 2. The van der Waals surface area contributed by atoms with Gasteiger partial charge in [0.25, 0.3) is 15.6 Å². The Kier molecular flexibility index (Phi) is 5.80.